The second-order valence-electron chi connectivity index (χ2n) is 3.26. The van der Waals surface area contributed by atoms with Crippen molar-refractivity contribution >= 4 is 11.9 Å². The van der Waals surface area contributed by atoms with Crippen LogP contribution < -0.4 is 0 Å². The molecule has 0 aromatic heterocycles. The summed E-state index contributed by atoms with van der Waals surface area (Å²) in [4.78, 5) is 21.5. The van der Waals surface area contributed by atoms with Crippen LogP contribution >= 0.6 is 0 Å². The first-order chi connectivity index (χ1) is 7.54. The second kappa shape index (κ2) is 4.99. The molecule has 2 N–H and O–H groups in total. The Bertz CT molecular complexity index is 456. The Balaban J connectivity index is 3.06. The lowest BCUT2D eigenvalue weighted by Crippen LogP contribution is -2.15. The highest BCUT2D eigenvalue weighted by Gasteiger charge is 2.22. The minimum Gasteiger partial charge on any atom is -0.481 e. The summed E-state index contributed by atoms with van der Waals surface area (Å²) in [6.07, 6.45) is 4.73. The van der Waals surface area contributed by atoms with Crippen LogP contribution in [0.3, 0.4) is 0 Å². The topological polar surface area (TPSA) is 74.6 Å². The molecule has 0 aliphatic rings. The van der Waals surface area contributed by atoms with Crippen molar-refractivity contribution in [2.45, 2.75) is 12.3 Å². The molecule has 0 saturated carbocycles. The minimum atomic E-state index is -1.17. The van der Waals surface area contributed by atoms with E-state index in [4.69, 9.17) is 16.6 Å². The fourth-order valence-corrected chi connectivity index (χ4v) is 1.37. The molecule has 16 heavy (non-hydrogen) atoms. The summed E-state index contributed by atoms with van der Waals surface area (Å²) in [5, 5.41) is 17.5. The van der Waals surface area contributed by atoms with E-state index in [1.54, 1.807) is 18.2 Å². The van der Waals surface area contributed by atoms with Crippen LogP contribution in [0, 0.1) is 12.3 Å². The van der Waals surface area contributed by atoms with Crippen LogP contribution in [-0.4, -0.2) is 22.2 Å². The van der Waals surface area contributed by atoms with E-state index in [1.165, 1.54) is 6.07 Å². The van der Waals surface area contributed by atoms with Crippen molar-refractivity contribution in [1.29, 1.82) is 0 Å². The number of aliphatic carboxylic acids is 2. The lowest BCUT2D eigenvalue weighted by atomic mass is 9.94. The molecular weight excluding hydrogens is 208 g/mol. The number of hydrogen-bond donors (Lipinski definition) is 2. The van der Waals surface area contributed by atoms with Gasteiger partial charge in [0.1, 0.15) is 0 Å². The molecule has 1 unspecified atom stereocenters. The van der Waals surface area contributed by atoms with Gasteiger partial charge in [0.25, 0.3) is 0 Å². The van der Waals surface area contributed by atoms with Gasteiger partial charge in [0.05, 0.1) is 12.3 Å². The number of benzene rings is 1. The zero-order chi connectivity index (χ0) is 12.1. The third-order valence-corrected chi connectivity index (χ3v) is 2.13. The summed E-state index contributed by atoms with van der Waals surface area (Å²) in [6.45, 7) is 0. The predicted molar refractivity (Wildman–Crippen MR) is 57.0 cm³/mol. The molecular formula is C12H10O4. The van der Waals surface area contributed by atoms with Gasteiger partial charge in [-0.25, -0.2) is 0 Å². The number of rotatable bonds is 4. The maximum atomic E-state index is 10.9. The predicted octanol–water partition coefficient (Wildman–Crippen LogP) is 1.31. The zero-order valence-electron chi connectivity index (χ0n) is 8.38. The van der Waals surface area contributed by atoms with Crippen LogP contribution in [0.1, 0.15) is 23.5 Å². The fourth-order valence-electron chi connectivity index (χ4n) is 1.37. The summed E-state index contributed by atoms with van der Waals surface area (Å²) in [5.41, 5.74) is 0.944. The molecule has 0 bridgehead atoms. The zero-order valence-corrected chi connectivity index (χ0v) is 8.38. The van der Waals surface area contributed by atoms with E-state index >= 15 is 0 Å². The van der Waals surface area contributed by atoms with E-state index in [0.29, 0.717) is 11.1 Å². The van der Waals surface area contributed by atoms with Crippen LogP contribution in [0.25, 0.3) is 0 Å². The van der Waals surface area contributed by atoms with Gasteiger partial charge in [0.2, 0.25) is 0 Å². The van der Waals surface area contributed by atoms with Crippen LogP contribution in [0.2, 0.25) is 0 Å². The van der Waals surface area contributed by atoms with Gasteiger partial charge < -0.3 is 10.2 Å². The SMILES string of the molecule is C#Cc1cccc(C(CC(=O)O)C(=O)O)c1. The standard InChI is InChI=1S/C12H10O4/c1-2-8-4-3-5-9(6-8)10(12(15)16)7-11(13)14/h1,3-6,10H,7H2,(H,13,14)(H,15,16). The molecule has 0 heterocycles. The number of hydrogen-bond acceptors (Lipinski definition) is 2. The normalized spacial score (nSPS) is 11.4. The number of carbonyl (C=O) groups is 2. The molecule has 4 nitrogen and oxygen atoms in total. The van der Waals surface area contributed by atoms with Crippen molar-refractivity contribution in [2.24, 2.45) is 0 Å². The average Bonchev–Trinajstić information content (AvgIpc) is 2.25. The highest BCUT2D eigenvalue weighted by atomic mass is 16.4. The van der Waals surface area contributed by atoms with Gasteiger partial charge in [-0.05, 0) is 17.7 Å². The van der Waals surface area contributed by atoms with Gasteiger partial charge in [-0.3, -0.25) is 9.59 Å². The van der Waals surface area contributed by atoms with Crippen molar-refractivity contribution in [3.63, 3.8) is 0 Å². The number of carboxylic acid groups (broad SMARTS) is 2. The van der Waals surface area contributed by atoms with E-state index in [9.17, 15) is 9.59 Å². The second-order valence-corrected chi connectivity index (χ2v) is 3.26. The van der Waals surface area contributed by atoms with Gasteiger partial charge >= 0.3 is 11.9 Å². The summed E-state index contributed by atoms with van der Waals surface area (Å²) in [5.74, 6) is -1.01. The summed E-state index contributed by atoms with van der Waals surface area (Å²) >= 11 is 0. The van der Waals surface area contributed by atoms with Crippen LogP contribution in [0.15, 0.2) is 24.3 Å². The average molecular weight is 218 g/mol. The highest BCUT2D eigenvalue weighted by molar-refractivity contribution is 5.82. The molecule has 82 valence electrons. The molecule has 0 radical (unpaired) electrons. The van der Waals surface area contributed by atoms with Gasteiger partial charge in [0.15, 0.2) is 0 Å². The molecule has 0 aliphatic carbocycles. The molecule has 1 atom stereocenters. The quantitative estimate of drug-likeness (QED) is 0.747. The minimum absolute atomic E-state index is 0.408. The Hall–Kier alpha value is -2.28. The van der Waals surface area contributed by atoms with Crippen LogP contribution in [0.5, 0.6) is 0 Å². The molecule has 0 aliphatic heterocycles. The van der Waals surface area contributed by atoms with Crippen molar-refractivity contribution < 1.29 is 19.8 Å². The molecule has 0 amide bonds. The van der Waals surface area contributed by atoms with E-state index in [-0.39, 0.29) is 0 Å². The third kappa shape index (κ3) is 2.85. The maximum Gasteiger partial charge on any atom is 0.311 e. The fraction of sp³-hybridized carbons (Fsp3) is 0.167. The van der Waals surface area contributed by atoms with Gasteiger partial charge in [0, 0.05) is 5.56 Å². The Morgan fingerprint density at radius 1 is 1.38 bits per heavy atom. The first-order valence-electron chi connectivity index (χ1n) is 4.55. The molecule has 0 spiro atoms. The van der Waals surface area contributed by atoms with Crippen molar-refractivity contribution in [3.8, 4) is 12.3 Å². The van der Waals surface area contributed by atoms with E-state index in [1.807, 2.05) is 0 Å². The smallest absolute Gasteiger partial charge is 0.311 e. The monoisotopic (exact) mass is 218 g/mol. The Labute approximate surface area is 92.5 Å². The first-order valence-corrected chi connectivity index (χ1v) is 4.55. The van der Waals surface area contributed by atoms with E-state index in [2.05, 4.69) is 5.92 Å². The Morgan fingerprint density at radius 3 is 2.56 bits per heavy atom. The molecule has 0 fully saturated rings. The molecule has 0 saturated heterocycles. The van der Waals surface area contributed by atoms with Gasteiger partial charge in [-0.1, -0.05) is 18.1 Å². The van der Waals surface area contributed by atoms with Gasteiger partial charge in [-0.15, -0.1) is 6.42 Å². The molecule has 1 aromatic carbocycles. The highest BCUT2D eigenvalue weighted by Crippen LogP contribution is 2.20. The number of terminal acetylenes is 1. The maximum absolute atomic E-state index is 10.9. The molecule has 4 heteroatoms. The largest absolute Gasteiger partial charge is 0.481 e. The van der Waals surface area contributed by atoms with Crippen molar-refractivity contribution in [3.05, 3.63) is 35.4 Å². The summed E-state index contributed by atoms with van der Waals surface area (Å²) in [7, 11) is 0. The van der Waals surface area contributed by atoms with Crippen LogP contribution in [0.4, 0.5) is 0 Å². The van der Waals surface area contributed by atoms with E-state index in [0.717, 1.165) is 0 Å². The van der Waals surface area contributed by atoms with Crippen molar-refractivity contribution in [1.82, 2.24) is 0 Å². The third-order valence-electron chi connectivity index (χ3n) is 2.13. The summed E-state index contributed by atoms with van der Waals surface area (Å²) in [6, 6.07) is 6.34. The van der Waals surface area contributed by atoms with Crippen molar-refractivity contribution in [2.75, 3.05) is 0 Å². The lowest BCUT2D eigenvalue weighted by molar-refractivity contribution is -0.145. The van der Waals surface area contributed by atoms with Crippen LogP contribution in [-0.2, 0) is 9.59 Å². The molecule has 1 rings (SSSR count). The van der Waals surface area contributed by atoms with Gasteiger partial charge in [-0.2, -0.15) is 0 Å². The summed E-state index contributed by atoms with van der Waals surface area (Å²) < 4.78 is 0. The lowest BCUT2D eigenvalue weighted by Gasteiger charge is -2.10. The molecule has 1 aromatic rings. The first kappa shape index (κ1) is 11.8. The Kier molecular flexibility index (Phi) is 3.67. The Morgan fingerprint density at radius 2 is 2.06 bits per heavy atom. The van der Waals surface area contributed by atoms with E-state index < -0.39 is 24.3 Å². The number of carboxylic acids is 2.